The van der Waals surface area contributed by atoms with E-state index in [-0.39, 0.29) is 17.3 Å². The highest BCUT2D eigenvalue weighted by Gasteiger charge is 2.13. The van der Waals surface area contributed by atoms with Crippen LogP contribution in [-0.4, -0.2) is 17.5 Å². The average molecular weight is 234 g/mol. The Morgan fingerprint density at radius 3 is 2.88 bits per heavy atom. The molecule has 1 aromatic carbocycles. The highest BCUT2D eigenvalue weighted by atomic mass is 16.6. The van der Waals surface area contributed by atoms with Crippen LogP contribution in [0.2, 0.25) is 0 Å². The smallest absolute Gasteiger partial charge is 0.287 e. The van der Waals surface area contributed by atoms with Crippen molar-refractivity contribution in [3.05, 3.63) is 33.9 Å². The van der Waals surface area contributed by atoms with Crippen LogP contribution in [0.4, 0.5) is 11.4 Å². The number of rotatable bonds is 5. The SMILES string of the molecule is CC(N)CCNc1ccc([N+](=O)[O-])c(C#N)c1. The van der Waals surface area contributed by atoms with Crippen LogP contribution in [0, 0.1) is 21.4 Å². The molecule has 0 saturated heterocycles. The number of nitriles is 1. The number of nitrogens with zero attached hydrogens (tertiary/aromatic N) is 2. The second-order valence-corrected chi connectivity index (χ2v) is 3.79. The van der Waals surface area contributed by atoms with Gasteiger partial charge in [0, 0.05) is 24.3 Å². The zero-order chi connectivity index (χ0) is 12.8. The summed E-state index contributed by atoms with van der Waals surface area (Å²) in [7, 11) is 0. The summed E-state index contributed by atoms with van der Waals surface area (Å²) in [4.78, 5) is 10.0. The average Bonchev–Trinajstić information content (AvgIpc) is 2.28. The lowest BCUT2D eigenvalue weighted by Gasteiger charge is -2.08. The topological polar surface area (TPSA) is 105 Å². The Balaban J connectivity index is 2.77. The molecule has 17 heavy (non-hydrogen) atoms. The molecule has 0 bridgehead atoms. The molecule has 1 aromatic rings. The fraction of sp³-hybridized carbons (Fsp3) is 0.364. The van der Waals surface area contributed by atoms with Gasteiger partial charge < -0.3 is 11.1 Å². The zero-order valence-electron chi connectivity index (χ0n) is 9.51. The van der Waals surface area contributed by atoms with E-state index in [0.29, 0.717) is 12.2 Å². The van der Waals surface area contributed by atoms with Gasteiger partial charge in [-0.25, -0.2) is 0 Å². The van der Waals surface area contributed by atoms with E-state index in [0.717, 1.165) is 6.42 Å². The van der Waals surface area contributed by atoms with Crippen molar-refractivity contribution < 1.29 is 4.92 Å². The van der Waals surface area contributed by atoms with Crippen LogP contribution in [0.3, 0.4) is 0 Å². The highest BCUT2D eigenvalue weighted by molar-refractivity contribution is 5.58. The van der Waals surface area contributed by atoms with Gasteiger partial charge in [-0.2, -0.15) is 5.26 Å². The van der Waals surface area contributed by atoms with E-state index in [2.05, 4.69) is 5.32 Å². The molecule has 6 nitrogen and oxygen atoms in total. The quantitative estimate of drug-likeness (QED) is 0.594. The van der Waals surface area contributed by atoms with Crippen LogP contribution in [0.15, 0.2) is 18.2 Å². The Labute approximate surface area is 99.2 Å². The number of anilines is 1. The predicted octanol–water partition coefficient (Wildman–Crippen LogP) is 1.62. The van der Waals surface area contributed by atoms with Crippen molar-refractivity contribution in [2.45, 2.75) is 19.4 Å². The molecule has 1 rings (SSSR count). The summed E-state index contributed by atoms with van der Waals surface area (Å²) in [6.07, 6.45) is 0.791. The van der Waals surface area contributed by atoms with Crippen molar-refractivity contribution in [1.82, 2.24) is 0 Å². The van der Waals surface area contributed by atoms with Crippen LogP contribution < -0.4 is 11.1 Å². The molecule has 6 heteroatoms. The summed E-state index contributed by atoms with van der Waals surface area (Å²) in [5, 5.41) is 22.5. The molecule has 0 saturated carbocycles. The van der Waals surface area contributed by atoms with Gasteiger partial charge in [0.05, 0.1) is 4.92 Å². The van der Waals surface area contributed by atoms with E-state index < -0.39 is 4.92 Å². The van der Waals surface area contributed by atoms with Gasteiger partial charge in [-0.15, -0.1) is 0 Å². The Morgan fingerprint density at radius 2 is 2.35 bits per heavy atom. The number of nitro benzene ring substituents is 1. The summed E-state index contributed by atoms with van der Waals surface area (Å²) < 4.78 is 0. The van der Waals surface area contributed by atoms with E-state index in [1.165, 1.54) is 12.1 Å². The third-order valence-electron chi connectivity index (χ3n) is 2.24. The molecular weight excluding hydrogens is 220 g/mol. The first-order valence-corrected chi connectivity index (χ1v) is 5.22. The third-order valence-corrected chi connectivity index (χ3v) is 2.24. The standard InChI is InChI=1S/C11H14N4O2/c1-8(13)4-5-14-10-2-3-11(15(16)17)9(6-10)7-12/h2-3,6,8,14H,4-5,13H2,1H3. The normalized spacial score (nSPS) is 11.6. The summed E-state index contributed by atoms with van der Waals surface area (Å²) in [6, 6.07) is 6.28. The number of benzene rings is 1. The maximum Gasteiger partial charge on any atom is 0.287 e. The van der Waals surface area contributed by atoms with Crippen LogP contribution in [-0.2, 0) is 0 Å². The predicted molar refractivity (Wildman–Crippen MR) is 64.6 cm³/mol. The van der Waals surface area contributed by atoms with Gasteiger partial charge in [0.25, 0.3) is 5.69 Å². The van der Waals surface area contributed by atoms with Gasteiger partial charge in [-0.1, -0.05) is 0 Å². The van der Waals surface area contributed by atoms with Crippen LogP contribution in [0.1, 0.15) is 18.9 Å². The van der Waals surface area contributed by atoms with Gasteiger partial charge in [0.15, 0.2) is 0 Å². The van der Waals surface area contributed by atoms with E-state index in [4.69, 9.17) is 11.0 Å². The molecule has 1 atom stereocenters. The summed E-state index contributed by atoms with van der Waals surface area (Å²) >= 11 is 0. The molecule has 0 radical (unpaired) electrons. The third kappa shape index (κ3) is 3.74. The van der Waals surface area contributed by atoms with Crippen LogP contribution in [0.5, 0.6) is 0 Å². The Kier molecular flexibility index (Phi) is 4.43. The molecule has 0 aliphatic carbocycles. The van der Waals surface area contributed by atoms with Crippen LogP contribution in [0.25, 0.3) is 0 Å². The molecule has 0 fully saturated rings. The summed E-state index contributed by atoms with van der Waals surface area (Å²) in [5.74, 6) is 0. The lowest BCUT2D eigenvalue weighted by molar-refractivity contribution is -0.385. The van der Waals surface area contributed by atoms with Crippen molar-refractivity contribution in [3.8, 4) is 6.07 Å². The molecule has 0 heterocycles. The second kappa shape index (κ2) is 5.82. The maximum atomic E-state index is 10.6. The zero-order valence-corrected chi connectivity index (χ0v) is 9.51. The van der Waals surface area contributed by atoms with E-state index in [1.54, 1.807) is 6.07 Å². The molecular formula is C11H14N4O2. The first kappa shape index (κ1) is 12.9. The minimum Gasteiger partial charge on any atom is -0.385 e. The number of hydrogen-bond donors (Lipinski definition) is 2. The van der Waals surface area contributed by atoms with Gasteiger partial charge >= 0.3 is 0 Å². The fourth-order valence-electron chi connectivity index (χ4n) is 1.34. The first-order valence-electron chi connectivity index (χ1n) is 5.22. The summed E-state index contributed by atoms with van der Waals surface area (Å²) in [6.45, 7) is 2.57. The lowest BCUT2D eigenvalue weighted by atomic mass is 10.1. The number of hydrogen-bond acceptors (Lipinski definition) is 5. The van der Waals surface area contributed by atoms with E-state index in [1.807, 2.05) is 13.0 Å². The molecule has 90 valence electrons. The molecule has 0 aliphatic heterocycles. The van der Waals surface area contributed by atoms with Crippen molar-refractivity contribution in [3.63, 3.8) is 0 Å². The number of nitrogens with one attached hydrogen (secondary N) is 1. The maximum absolute atomic E-state index is 10.6. The lowest BCUT2D eigenvalue weighted by Crippen LogP contribution is -2.19. The number of nitrogens with two attached hydrogens (primary N) is 1. The molecule has 3 N–H and O–H groups in total. The van der Waals surface area contributed by atoms with E-state index in [9.17, 15) is 10.1 Å². The molecule has 1 unspecified atom stereocenters. The Hall–Kier alpha value is -2.13. The summed E-state index contributed by atoms with van der Waals surface area (Å²) in [5.41, 5.74) is 6.16. The highest BCUT2D eigenvalue weighted by Crippen LogP contribution is 2.21. The van der Waals surface area contributed by atoms with Gasteiger partial charge in [-0.05, 0) is 25.5 Å². The minimum atomic E-state index is -0.565. The molecule has 0 spiro atoms. The van der Waals surface area contributed by atoms with Gasteiger partial charge in [0.1, 0.15) is 11.6 Å². The van der Waals surface area contributed by atoms with Crippen molar-refractivity contribution >= 4 is 11.4 Å². The minimum absolute atomic E-state index is 0.0563. The van der Waals surface area contributed by atoms with E-state index >= 15 is 0 Å². The monoisotopic (exact) mass is 234 g/mol. The first-order chi connectivity index (χ1) is 8.04. The largest absolute Gasteiger partial charge is 0.385 e. The van der Waals surface area contributed by atoms with Crippen molar-refractivity contribution in [2.24, 2.45) is 5.73 Å². The van der Waals surface area contributed by atoms with Crippen molar-refractivity contribution in [2.75, 3.05) is 11.9 Å². The fourth-order valence-corrected chi connectivity index (χ4v) is 1.34. The number of nitro groups is 1. The molecule has 0 amide bonds. The van der Waals surface area contributed by atoms with Crippen LogP contribution >= 0.6 is 0 Å². The molecule has 0 aliphatic rings. The van der Waals surface area contributed by atoms with Gasteiger partial charge in [0.2, 0.25) is 0 Å². The Morgan fingerprint density at radius 1 is 1.65 bits per heavy atom. The Bertz CT molecular complexity index is 451. The second-order valence-electron chi connectivity index (χ2n) is 3.79. The van der Waals surface area contributed by atoms with Gasteiger partial charge in [-0.3, -0.25) is 10.1 Å². The molecule has 0 aromatic heterocycles. The van der Waals surface area contributed by atoms with Crippen molar-refractivity contribution in [1.29, 1.82) is 5.26 Å².